The Morgan fingerprint density at radius 1 is 0.852 bits per heavy atom. The van der Waals surface area contributed by atoms with Gasteiger partial charge in [-0.15, -0.1) is 0 Å². The number of rotatable bonds is 2. The van der Waals surface area contributed by atoms with E-state index in [2.05, 4.69) is 0 Å². The Kier molecular flexibility index (Phi) is 3.73. The van der Waals surface area contributed by atoms with Gasteiger partial charge in [0.15, 0.2) is 23.1 Å². The first kappa shape index (κ1) is 16.8. The topological polar surface area (TPSA) is 87.0 Å². The highest BCUT2D eigenvalue weighted by molar-refractivity contribution is 5.90. The van der Waals surface area contributed by atoms with Crippen LogP contribution in [0.1, 0.15) is 33.0 Å². The monoisotopic (exact) mass is 370 g/mol. The molecule has 4 rings (SSSR count). The molecule has 3 aromatic carbocycles. The van der Waals surface area contributed by atoms with E-state index in [9.17, 15) is 28.9 Å². The minimum atomic E-state index is -1.20. The molecule has 0 saturated heterocycles. The van der Waals surface area contributed by atoms with Crippen molar-refractivity contribution in [1.29, 1.82) is 0 Å². The first-order valence-corrected chi connectivity index (χ1v) is 7.91. The van der Waals surface area contributed by atoms with Crippen LogP contribution in [0, 0.1) is 11.6 Å². The lowest BCUT2D eigenvalue weighted by molar-refractivity contribution is 0.0695. The molecular weight excluding hydrogens is 358 g/mol. The molecule has 0 saturated carbocycles. The molecule has 0 spiro atoms. The third kappa shape index (κ3) is 2.64. The predicted molar refractivity (Wildman–Crippen MR) is 90.5 cm³/mol. The maximum absolute atomic E-state index is 14.0. The Morgan fingerprint density at radius 3 is 1.89 bits per heavy atom. The van der Waals surface area contributed by atoms with E-state index in [0.29, 0.717) is 5.56 Å². The molecule has 0 amide bonds. The summed E-state index contributed by atoms with van der Waals surface area (Å²) in [5.41, 5.74) is 0.724. The summed E-state index contributed by atoms with van der Waals surface area (Å²) in [7, 11) is 0. The number of ether oxygens (including phenoxy) is 1. The molecule has 7 heteroatoms. The van der Waals surface area contributed by atoms with E-state index < -0.39 is 35.0 Å². The summed E-state index contributed by atoms with van der Waals surface area (Å²) in [5, 5.41) is 28.9. The van der Waals surface area contributed by atoms with Gasteiger partial charge in [-0.1, -0.05) is 18.2 Å². The summed E-state index contributed by atoms with van der Waals surface area (Å²) in [6.45, 7) is 0. The summed E-state index contributed by atoms with van der Waals surface area (Å²) in [6.07, 6.45) is 0. The van der Waals surface area contributed by atoms with E-state index in [-0.39, 0.29) is 28.2 Å². The van der Waals surface area contributed by atoms with E-state index in [0.717, 1.165) is 24.3 Å². The van der Waals surface area contributed by atoms with Gasteiger partial charge < -0.3 is 20.1 Å². The van der Waals surface area contributed by atoms with Crippen molar-refractivity contribution in [3.8, 4) is 23.0 Å². The van der Waals surface area contributed by atoms with Gasteiger partial charge in [0.1, 0.15) is 11.5 Å². The maximum atomic E-state index is 14.0. The van der Waals surface area contributed by atoms with Crippen LogP contribution in [0.15, 0.2) is 48.5 Å². The summed E-state index contributed by atoms with van der Waals surface area (Å²) in [5.74, 6) is -5.03. The van der Waals surface area contributed by atoms with Crippen LogP contribution in [-0.2, 0) is 0 Å². The van der Waals surface area contributed by atoms with E-state index in [1.165, 1.54) is 6.07 Å². The lowest BCUT2D eigenvalue weighted by Gasteiger charge is -2.29. The molecule has 1 heterocycles. The fourth-order valence-electron chi connectivity index (χ4n) is 3.31. The van der Waals surface area contributed by atoms with Crippen molar-refractivity contribution in [2.75, 3.05) is 0 Å². The van der Waals surface area contributed by atoms with E-state index in [4.69, 9.17) is 4.74 Å². The number of hydrogen-bond acceptors (Lipinski definition) is 4. The molecule has 1 aliphatic heterocycles. The predicted octanol–water partition coefficient (Wildman–Crippen LogP) is 4.36. The standard InChI is InChI=1S/C20H12F2O5/c21-13-5-11-17(7-15(13)23)27-18-8-16(24)14(22)6-12(18)19(11)9-3-1-2-4-10(9)20(25)26/h1-8,19,23-24H,(H,25,26). The SMILES string of the molecule is O=C(O)c1ccccc1C1c2cc(F)c(O)cc2Oc2cc(O)c(F)cc21. The number of carboxylic acid groups (broad SMARTS) is 1. The molecule has 0 atom stereocenters. The third-order valence-corrected chi connectivity index (χ3v) is 4.50. The molecule has 136 valence electrons. The largest absolute Gasteiger partial charge is 0.505 e. The number of fused-ring (bicyclic) bond motifs is 2. The summed E-state index contributed by atoms with van der Waals surface area (Å²) in [6, 6.07) is 10.3. The highest BCUT2D eigenvalue weighted by Gasteiger charge is 2.33. The van der Waals surface area contributed by atoms with Crippen molar-refractivity contribution in [2.24, 2.45) is 0 Å². The van der Waals surface area contributed by atoms with Gasteiger partial charge in [-0.3, -0.25) is 0 Å². The summed E-state index contributed by atoms with van der Waals surface area (Å²) in [4.78, 5) is 11.7. The minimum Gasteiger partial charge on any atom is -0.505 e. The normalized spacial score (nSPS) is 12.8. The van der Waals surface area contributed by atoms with E-state index in [1.807, 2.05) is 0 Å². The molecular formula is C20H12F2O5. The van der Waals surface area contributed by atoms with Gasteiger partial charge in [0, 0.05) is 29.2 Å². The van der Waals surface area contributed by atoms with Crippen molar-refractivity contribution < 1.29 is 33.6 Å². The van der Waals surface area contributed by atoms with Gasteiger partial charge in [-0.2, -0.15) is 0 Å². The number of halogens is 2. The van der Waals surface area contributed by atoms with Gasteiger partial charge in [0.25, 0.3) is 0 Å². The zero-order chi connectivity index (χ0) is 19.3. The molecule has 1 aliphatic rings. The van der Waals surface area contributed by atoms with Crippen LogP contribution in [0.5, 0.6) is 23.0 Å². The van der Waals surface area contributed by atoms with Crippen LogP contribution in [0.3, 0.4) is 0 Å². The first-order valence-electron chi connectivity index (χ1n) is 7.91. The summed E-state index contributed by atoms with van der Waals surface area (Å²) < 4.78 is 33.7. The first-order chi connectivity index (χ1) is 12.9. The molecule has 5 nitrogen and oxygen atoms in total. The molecule has 0 aromatic heterocycles. The third-order valence-electron chi connectivity index (χ3n) is 4.50. The number of aromatic hydroxyl groups is 2. The smallest absolute Gasteiger partial charge is 0.335 e. The van der Waals surface area contributed by atoms with E-state index in [1.54, 1.807) is 18.2 Å². The highest BCUT2D eigenvalue weighted by Crippen LogP contribution is 2.50. The van der Waals surface area contributed by atoms with Crippen molar-refractivity contribution in [3.05, 3.63) is 82.4 Å². The summed E-state index contributed by atoms with van der Waals surface area (Å²) >= 11 is 0. The molecule has 3 aromatic rings. The average molecular weight is 370 g/mol. The van der Waals surface area contributed by atoms with E-state index >= 15 is 0 Å². The number of hydrogen-bond donors (Lipinski definition) is 3. The van der Waals surface area contributed by atoms with Crippen LogP contribution >= 0.6 is 0 Å². The maximum Gasteiger partial charge on any atom is 0.335 e. The number of carboxylic acids is 1. The Balaban J connectivity index is 2.05. The van der Waals surface area contributed by atoms with Gasteiger partial charge in [0.2, 0.25) is 0 Å². The van der Waals surface area contributed by atoms with Crippen LogP contribution in [-0.4, -0.2) is 21.3 Å². The average Bonchev–Trinajstić information content (AvgIpc) is 2.63. The second kappa shape index (κ2) is 5.98. The van der Waals surface area contributed by atoms with Crippen molar-refractivity contribution in [2.45, 2.75) is 5.92 Å². The Hall–Kier alpha value is -3.61. The van der Waals surface area contributed by atoms with Gasteiger partial charge >= 0.3 is 5.97 Å². The Labute approximate surface area is 151 Å². The molecule has 27 heavy (non-hydrogen) atoms. The van der Waals surface area contributed by atoms with Crippen LogP contribution in [0.4, 0.5) is 8.78 Å². The Bertz CT molecular complexity index is 1040. The lowest BCUT2D eigenvalue weighted by atomic mass is 9.80. The number of aromatic carboxylic acids is 1. The van der Waals surface area contributed by atoms with Gasteiger partial charge in [-0.25, -0.2) is 13.6 Å². The van der Waals surface area contributed by atoms with Crippen LogP contribution in [0.2, 0.25) is 0 Å². The molecule has 0 radical (unpaired) electrons. The zero-order valence-corrected chi connectivity index (χ0v) is 13.6. The molecule has 0 unspecified atom stereocenters. The van der Waals surface area contributed by atoms with Gasteiger partial charge in [-0.05, 0) is 23.8 Å². The number of phenols is 2. The molecule has 0 bridgehead atoms. The zero-order valence-electron chi connectivity index (χ0n) is 13.6. The van der Waals surface area contributed by atoms with Crippen LogP contribution < -0.4 is 4.74 Å². The molecule has 3 N–H and O–H groups in total. The van der Waals surface area contributed by atoms with Crippen molar-refractivity contribution >= 4 is 5.97 Å². The van der Waals surface area contributed by atoms with Crippen LogP contribution in [0.25, 0.3) is 0 Å². The second-order valence-corrected chi connectivity index (χ2v) is 6.11. The second-order valence-electron chi connectivity index (χ2n) is 6.11. The number of phenolic OH excluding ortho intramolecular Hbond substituents is 2. The Morgan fingerprint density at radius 2 is 1.37 bits per heavy atom. The van der Waals surface area contributed by atoms with Gasteiger partial charge in [0.05, 0.1) is 5.56 Å². The lowest BCUT2D eigenvalue weighted by Crippen LogP contribution is -2.15. The molecule has 0 aliphatic carbocycles. The highest BCUT2D eigenvalue weighted by atomic mass is 19.1. The van der Waals surface area contributed by atoms with Crippen molar-refractivity contribution in [3.63, 3.8) is 0 Å². The number of carbonyl (C=O) groups is 1. The minimum absolute atomic E-state index is 0.0386. The van der Waals surface area contributed by atoms with Crippen molar-refractivity contribution in [1.82, 2.24) is 0 Å². The fourth-order valence-corrected chi connectivity index (χ4v) is 3.31. The fraction of sp³-hybridized carbons (Fsp3) is 0.0500. The molecule has 0 fully saturated rings. The quantitative estimate of drug-likeness (QED) is 0.488. The number of benzene rings is 3.